The molecule has 3 N–H and O–H groups in total. The number of aromatic amines is 1. The third-order valence-corrected chi connectivity index (χ3v) is 3.89. The average molecular weight is 230 g/mol. The first-order valence-electron chi connectivity index (χ1n) is 4.90. The van der Waals surface area contributed by atoms with Gasteiger partial charge in [-0.25, -0.2) is 13.1 Å². The van der Waals surface area contributed by atoms with Gasteiger partial charge in [-0.1, -0.05) is 0 Å². The van der Waals surface area contributed by atoms with Crippen LogP contribution >= 0.6 is 0 Å². The van der Waals surface area contributed by atoms with E-state index in [4.69, 9.17) is 0 Å². The summed E-state index contributed by atoms with van der Waals surface area (Å²) in [6, 6.07) is -0.0151. The lowest BCUT2D eigenvalue weighted by Gasteiger charge is -2.23. The Morgan fingerprint density at radius 2 is 2.40 bits per heavy atom. The number of nitrogens with zero attached hydrogens (tertiary/aromatic N) is 1. The third kappa shape index (κ3) is 2.55. The SMILES string of the molecule is O=S(=O)(N[C@@H]1CCCNC1)c1cn[nH]c1. The van der Waals surface area contributed by atoms with Gasteiger partial charge in [0, 0.05) is 18.8 Å². The van der Waals surface area contributed by atoms with Crippen LogP contribution in [0.2, 0.25) is 0 Å². The molecule has 0 aliphatic carbocycles. The average Bonchev–Trinajstić information content (AvgIpc) is 2.71. The Hall–Kier alpha value is -0.920. The molecule has 1 aromatic rings. The molecule has 2 rings (SSSR count). The Bertz CT molecular complexity index is 394. The molecular weight excluding hydrogens is 216 g/mol. The summed E-state index contributed by atoms with van der Waals surface area (Å²) in [4.78, 5) is 0.188. The Morgan fingerprint density at radius 3 is 3.00 bits per heavy atom. The van der Waals surface area contributed by atoms with E-state index in [2.05, 4.69) is 20.2 Å². The van der Waals surface area contributed by atoms with Gasteiger partial charge in [0.15, 0.2) is 0 Å². The first kappa shape index (κ1) is 10.6. The first-order chi connectivity index (χ1) is 7.18. The van der Waals surface area contributed by atoms with Gasteiger partial charge in [-0.2, -0.15) is 5.10 Å². The van der Waals surface area contributed by atoms with E-state index in [1.54, 1.807) is 0 Å². The summed E-state index contributed by atoms with van der Waals surface area (Å²) in [7, 11) is -3.40. The van der Waals surface area contributed by atoms with Gasteiger partial charge in [-0.15, -0.1) is 0 Å². The molecule has 0 aromatic carbocycles. The van der Waals surface area contributed by atoms with Crippen molar-refractivity contribution in [2.45, 2.75) is 23.8 Å². The molecule has 1 aliphatic rings. The second-order valence-corrected chi connectivity index (χ2v) is 5.31. The summed E-state index contributed by atoms with van der Waals surface area (Å²) in [6.45, 7) is 1.65. The van der Waals surface area contributed by atoms with Gasteiger partial charge in [0.1, 0.15) is 4.90 Å². The van der Waals surface area contributed by atoms with E-state index < -0.39 is 10.0 Å². The molecule has 0 bridgehead atoms. The zero-order valence-electron chi connectivity index (χ0n) is 8.23. The van der Waals surface area contributed by atoms with Crippen LogP contribution in [0, 0.1) is 0 Å². The second kappa shape index (κ2) is 4.30. The van der Waals surface area contributed by atoms with Crippen LogP contribution in [0.4, 0.5) is 0 Å². The highest BCUT2D eigenvalue weighted by Gasteiger charge is 2.21. The molecule has 1 atom stereocenters. The fraction of sp³-hybridized carbons (Fsp3) is 0.625. The number of rotatable bonds is 3. The molecule has 0 unspecified atom stereocenters. The van der Waals surface area contributed by atoms with Gasteiger partial charge in [-0.05, 0) is 19.4 Å². The quantitative estimate of drug-likeness (QED) is 0.649. The second-order valence-electron chi connectivity index (χ2n) is 3.60. The summed E-state index contributed by atoms with van der Waals surface area (Å²) in [5.41, 5.74) is 0. The van der Waals surface area contributed by atoms with E-state index in [9.17, 15) is 8.42 Å². The third-order valence-electron chi connectivity index (χ3n) is 2.40. The number of nitrogens with one attached hydrogen (secondary N) is 3. The highest BCUT2D eigenvalue weighted by atomic mass is 32.2. The van der Waals surface area contributed by atoms with E-state index in [1.165, 1.54) is 12.4 Å². The van der Waals surface area contributed by atoms with Crippen LogP contribution in [0.3, 0.4) is 0 Å². The van der Waals surface area contributed by atoms with Crippen LogP contribution in [0.25, 0.3) is 0 Å². The van der Waals surface area contributed by atoms with Crippen LogP contribution < -0.4 is 10.0 Å². The maximum absolute atomic E-state index is 11.8. The van der Waals surface area contributed by atoms with Gasteiger partial charge in [0.05, 0.1) is 6.20 Å². The molecule has 7 heteroatoms. The molecule has 0 saturated carbocycles. The van der Waals surface area contributed by atoms with E-state index in [0.29, 0.717) is 6.54 Å². The molecule has 1 fully saturated rings. The van der Waals surface area contributed by atoms with Gasteiger partial charge in [0.2, 0.25) is 10.0 Å². The zero-order valence-corrected chi connectivity index (χ0v) is 9.05. The fourth-order valence-corrected chi connectivity index (χ4v) is 2.80. The van der Waals surface area contributed by atoms with Crippen molar-refractivity contribution < 1.29 is 8.42 Å². The highest BCUT2D eigenvalue weighted by Crippen LogP contribution is 2.09. The molecule has 0 radical (unpaired) electrons. The van der Waals surface area contributed by atoms with Gasteiger partial charge < -0.3 is 5.32 Å². The number of H-pyrrole nitrogens is 1. The Morgan fingerprint density at radius 1 is 1.53 bits per heavy atom. The van der Waals surface area contributed by atoms with E-state index in [1.807, 2.05) is 0 Å². The van der Waals surface area contributed by atoms with Crippen molar-refractivity contribution >= 4 is 10.0 Å². The predicted molar refractivity (Wildman–Crippen MR) is 54.8 cm³/mol. The highest BCUT2D eigenvalue weighted by molar-refractivity contribution is 7.89. The van der Waals surface area contributed by atoms with Gasteiger partial charge >= 0.3 is 0 Å². The van der Waals surface area contributed by atoms with Crippen molar-refractivity contribution in [3.63, 3.8) is 0 Å². The van der Waals surface area contributed by atoms with Crippen LogP contribution in [0.1, 0.15) is 12.8 Å². The van der Waals surface area contributed by atoms with Crippen molar-refractivity contribution in [1.82, 2.24) is 20.2 Å². The van der Waals surface area contributed by atoms with E-state index >= 15 is 0 Å². The molecule has 1 aliphatic heterocycles. The number of hydrogen-bond donors (Lipinski definition) is 3. The molecule has 0 amide bonds. The van der Waals surface area contributed by atoms with Crippen molar-refractivity contribution in [3.8, 4) is 0 Å². The molecule has 0 spiro atoms. The van der Waals surface area contributed by atoms with Crippen LogP contribution in [0.5, 0.6) is 0 Å². The van der Waals surface area contributed by atoms with Gasteiger partial charge in [-0.3, -0.25) is 5.10 Å². The lowest BCUT2D eigenvalue weighted by atomic mass is 10.1. The molecular formula is C8H14N4O2S. The maximum atomic E-state index is 11.8. The minimum absolute atomic E-state index is 0.0151. The van der Waals surface area contributed by atoms with Crippen molar-refractivity contribution in [2.75, 3.05) is 13.1 Å². The number of aromatic nitrogens is 2. The summed E-state index contributed by atoms with van der Waals surface area (Å²) in [5.74, 6) is 0. The summed E-state index contributed by atoms with van der Waals surface area (Å²) < 4.78 is 26.2. The summed E-state index contributed by atoms with van der Waals surface area (Å²) >= 11 is 0. The van der Waals surface area contributed by atoms with Crippen molar-refractivity contribution in [1.29, 1.82) is 0 Å². The van der Waals surface area contributed by atoms with Crippen LogP contribution in [-0.2, 0) is 10.0 Å². The lowest BCUT2D eigenvalue weighted by molar-refractivity contribution is 0.428. The molecule has 84 valence electrons. The summed E-state index contributed by atoms with van der Waals surface area (Å²) in [6.07, 6.45) is 4.56. The van der Waals surface area contributed by atoms with E-state index in [0.717, 1.165) is 19.4 Å². The monoisotopic (exact) mass is 230 g/mol. The standard InChI is InChI=1S/C8H14N4O2S/c13-15(14,8-5-10-11-6-8)12-7-2-1-3-9-4-7/h5-7,9,12H,1-4H2,(H,10,11)/t7-/m1/s1. The zero-order chi connectivity index (χ0) is 10.7. The van der Waals surface area contributed by atoms with Crippen LogP contribution in [0.15, 0.2) is 17.3 Å². The number of piperidine rings is 1. The number of sulfonamides is 1. The normalized spacial score (nSPS) is 22.8. The maximum Gasteiger partial charge on any atom is 0.243 e. The van der Waals surface area contributed by atoms with Crippen molar-refractivity contribution in [3.05, 3.63) is 12.4 Å². The lowest BCUT2D eigenvalue weighted by Crippen LogP contribution is -2.45. The minimum atomic E-state index is -3.40. The Kier molecular flexibility index (Phi) is 3.03. The number of hydrogen-bond acceptors (Lipinski definition) is 4. The summed E-state index contributed by atoms with van der Waals surface area (Å²) in [5, 5.41) is 9.26. The minimum Gasteiger partial charge on any atom is -0.315 e. The Balaban J connectivity index is 2.04. The Labute approximate surface area is 88.5 Å². The largest absolute Gasteiger partial charge is 0.315 e. The topological polar surface area (TPSA) is 86.9 Å². The van der Waals surface area contributed by atoms with Gasteiger partial charge in [0.25, 0.3) is 0 Å². The molecule has 2 heterocycles. The predicted octanol–water partition coefficient (Wildman–Crippen LogP) is -0.560. The fourth-order valence-electron chi connectivity index (χ4n) is 1.63. The van der Waals surface area contributed by atoms with Crippen molar-refractivity contribution in [2.24, 2.45) is 0 Å². The molecule has 1 aromatic heterocycles. The smallest absolute Gasteiger partial charge is 0.243 e. The van der Waals surface area contributed by atoms with Crippen LogP contribution in [-0.4, -0.2) is 37.7 Å². The first-order valence-corrected chi connectivity index (χ1v) is 6.38. The molecule has 1 saturated heterocycles. The molecule has 6 nitrogen and oxygen atoms in total. The van der Waals surface area contributed by atoms with E-state index in [-0.39, 0.29) is 10.9 Å². The molecule has 15 heavy (non-hydrogen) atoms.